The molecule has 2 atom stereocenters. The number of carbonyl (C=O) groups excluding carboxylic acids is 3. The Labute approximate surface area is 173 Å². The van der Waals surface area contributed by atoms with Gasteiger partial charge in [-0.3, -0.25) is 24.9 Å². The maximum Gasteiger partial charge on any atom is 0.249 e. The first-order valence-corrected chi connectivity index (χ1v) is 11.2. The van der Waals surface area contributed by atoms with Crippen molar-refractivity contribution in [3.05, 3.63) is 5.51 Å². The number of nitrogens with one attached hydrogen (secondary N) is 1. The van der Waals surface area contributed by atoms with Crippen LogP contribution in [0, 0.1) is 17.3 Å². The minimum atomic E-state index is -0.552. The first kappa shape index (κ1) is 20.2. The van der Waals surface area contributed by atoms with E-state index in [0.29, 0.717) is 41.9 Å². The number of hydroxylamine groups is 2. The molecule has 1 unspecified atom stereocenters. The maximum atomic E-state index is 13.5. The second-order valence-corrected chi connectivity index (χ2v) is 9.56. The van der Waals surface area contributed by atoms with E-state index in [1.54, 1.807) is 10.4 Å². The lowest BCUT2D eigenvalue weighted by molar-refractivity contribution is -0.158. The number of hydrogen-bond acceptors (Lipinski definition) is 7. The molecule has 2 aliphatic carbocycles. The fourth-order valence-electron chi connectivity index (χ4n) is 4.88. The van der Waals surface area contributed by atoms with E-state index < -0.39 is 12.0 Å². The molecule has 3 amide bonds. The van der Waals surface area contributed by atoms with Crippen LogP contribution in [0.2, 0.25) is 0 Å². The van der Waals surface area contributed by atoms with Gasteiger partial charge in [0.1, 0.15) is 11.6 Å². The van der Waals surface area contributed by atoms with Gasteiger partial charge >= 0.3 is 0 Å². The summed E-state index contributed by atoms with van der Waals surface area (Å²) in [6.07, 6.45) is 8.11. The summed E-state index contributed by atoms with van der Waals surface area (Å²) in [6, 6.07) is -0.552. The van der Waals surface area contributed by atoms with E-state index in [9.17, 15) is 19.6 Å². The van der Waals surface area contributed by atoms with Crippen molar-refractivity contribution >= 4 is 34.7 Å². The van der Waals surface area contributed by atoms with Gasteiger partial charge in [0, 0.05) is 6.54 Å². The summed E-state index contributed by atoms with van der Waals surface area (Å²) in [5, 5.41) is 21.1. The number of likely N-dealkylation sites (tertiary alicyclic amines) is 1. The molecular formula is C19H27N5O4S. The van der Waals surface area contributed by atoms with Gasteiger partial charge < -0.3 is 4.90 Å². The molecule has 1 spiro atoms. The summed E-state index contributed by atoms with van der Waals surface area (Å²) < 4.78 is 0. The van der Waals surface area contributed by atoms with Crippen molar-refractivity contribution < 1.29 is 19.6 Å². The Morgan fingerprint density at radius 3 is 2.79 bits per heavy atom. The molecule has 1 aromatic rings. The topological polar surface area (TPSA) is 116 Å². The molecule has 0 aromatic carbocycles. The Bertz CT molecular complexity index is 748. The maximum absolute atomic E-state index is 13.5. The summed E-state index contributed by atoms with van der Waals surface area (Å²) in [5.41, 5.74) is 1.59. The molecule has 2 N–H and O–H groups in total. The lowest BCUT2D eigenvalue weighted by Gasteiger charge is -2.30. The van der Waals surface area contributed by atoms with E-state index in [1.807, 2.05) is 0 Å². The van der Waals surface area contributed by atoms with Gasteiger partial charge in [0.2, 0.25) is 23.4 Å². The third-order valence-corrected chi connectivity index (χ3v) is 7.22. The molecular weight excluding hydrogens is 394 g/mol. The van der Waals surface area contributed by atoms with Gasteiger partial charge in [-0.05, 0) is 37.0 Å². The van der Waals surface area contributed by atoms with Crippen molar-refractivity contribution in [1.82, 2.24) is 20.2 Å². The quantitative estimate of drug-likeness (QED) is 0.376. The number of anilines is 1. The second kappa shape index (κ2) is 8.35. The van der Waals surface area contributed by atoms with E-state index >= 15 is 0 Å². The number of hydrogen-bond donors (Lipinski definition) is 2. The van der Waals surface area contributed by atoms with E-state index in [1.165, 1.54) is 11.3 Å². The number of carbonyl (C=O) groups is 3. The number of rotatable bonds is 8. The van der Waals surface area contributed by atoms with Crippen LogP contribution in [0.5, 0.6) is 0 Å². The van der Waals surface area contributed by atoms with Crippen LogP contribution in [-0.2, 0) is 14.4 Å². The van der Waals surface area contributed by atoms with Crippen molar-refractivity contribution in [1.29, 1.82) is 0 Å². The molecule has 10 heteroatoms. The zero-order valence-corrected chi connectivity index (χ0v) is 17.1. The van der Waals surface area contributed by atoms with Crippen LogP contribution in [-0.4, -0.2) is 62.7 Å². The van der Waals surface area contributed by atoms with E-state index in [4.69, 9.17) is 0 Å². The monoisotopic (exact) mass is 421 g/mol. The predicted octanol–water partition coefficient (Wildman–Crippen LogP) is 1.90. The highest BCUT2D eigenvalue weighted by Gasteiger charge is 2.55. The molecule has 1 aliphatic heterocycles. The lowest BCUT2D eigenvalue weighted by atomic mass is 9.91. The molecule has 29 heavy (non-hydrogen) atoms. The summed E-state index contributed by atoms with van der Waals surface area (Å²) in [5.74, 6) is -0.456. The minimum absolute atomic E-state index is 0.0347. The highest BCUT2D eigenvalue weighted by Crippen LogP contribution is 2.55. The van der Waals surface area contributed by atoms with Gasteiger partial charge in [-0.25, -0.2) is 5.06 Å². The molecule has 3 aliphatic rings. The SMILES string of the molecule is O=CN(O)CC(CC1CCCC1)C(=O)N1CC2(CC2)C[C@H]1C(=O)Nc1nncs1. The molecule has 1 saturated heterocycles. The van der Waals surface area contributed by atoms with Crippen LogP contribution in [0.3, 0.4) is 0 Å². The van der Waals surface area contributed by atoms with Crippen LogP contribution in [0.15, 0.2) is 5.51 Å². The smallest absolute Gasteiger partial charge is 0.249 e. The van der Waals surface area contributed by atoms with Gasteiger partial charge in [0.25, 0.3) is 0 Å². The standard InChI is InChI=1S/C19H27N5O4S/c25-12-23(28)9-14(7-13-3-1-2-4-13)17(27)24-10-19(5-6-19)8-15(24)16(26)21-18-22-20-11-29-18/h11-15,28H,1-10H2,(H,21,22,26)/t14?,15-/m0/s1. The highest BCUT2D eigenvalue weighted by molar-refractivity contribution is 7.13. The van der Waals surface area contributed by atoms with Crippen LogP contribution in [0.1, 0.15) is 51.4 Å². The molecule has 4 rings (SSSR count). The van der Waals surface area contributed by atoms with Gasteiger partial charge in [0.05, 0.1) is 12.5 Å². The molecule has 2 heterocycles. The zero-order valence-electron chi connectivity index (χ0n) is 16.3. The van der Waals surface area contributed by atoms with Gasteiger partial charge in [-0.2, -0.15) is 0 Å². The zero-order chi connectivity index (χ0) is 20.4. The molecule has 1 aromatic heterocycles. The fourth-order valence-corrected chi connectivity index (χ4v) is 5.33. The van der Waals surface area contributed by atoms with Crippen molar-refractivity contribution in [2.45, 2.75) is 57.4 Å². The van der Waals surface area contributed by atoms with Gasteiger partial charge in [-0.1, -0.05) is 37.0 Å². The molecule has 0 bridgehead atoms. The normalized spacial score (nSPS) is 23.9. The Morgan fingerprint density at radius 2 is 2.17 bits per heavy atom. The Kier molecular flexibility index (Phi) is 5.82. The second-order valence-electron chi connectivity index (χ2n) is 8.73. The van der Waals surface area contributed by atoms with Crippen LogP contribution in [0.4, 0.5) is 5.13 Å². The average molecular weight is 422 g/mol. The van der Waals surface area contributed by atoms with Crippen molar-refractivity contribution in [3.8, 4) is 0 Å². The molecule has 2 saturated carbocycles. The highest BCUT2D eigenvalue weighted by atomic mass is 32.1. The Balaban J connectivity index is 1.50. The van der Waals surface area contributed by atoms with Gasteiger partial charge in [-0.15, -0.1) is 10.2 Å². The molecule has 9 nitrogen and oxygen atoms in total. The van der Waals surface area contributed by atoms with Crippen LogP contribution >= 0.6 is 11.3 Å². The molecule has 0 radical (unpaired) electrons. The van der Waals surface area contributed by atoms with Gasteiger partial charge in [0.15, 0.2) is 0 Å². The van der Waals surface area contributed by atoms with E-state index in [2.05, 4.69) is 15.5 Å². The molecule has 158 valence electrons. The predicted molar refractivity (Wildman–Crippen MR) is 105 cm³/mol. The first-order valence-electron chi connectivity index (χ1n) is 10.3. The van der Waals surface area contributed by atoms with E-state index in [-0.39, 0.29) is 23.8 Å². The lowest BCUT2D eigenvalue weighted by Crippen LogP contribution is -2.48. The summed E-state index contributed by atoms with van der Waals surface area (Å²) in [7, 11) is 0. The summed E-state index contributed by atoms with van der Waals surface area (Å²) in [4.78, 5) is 39.0. The fraction of sp³-hybridized carbons (Fsp3) is 0.737. The number of aromatic nitrogens is 2. The Morgan fingerprint density at radius 1 is 1.41 bits per heavy atom. The molecule has 3 fully saturated rings. The number of nitrogens with zero attached hydrogens (tertiary/aromatic N) is 4. The summed E-state index contributed by atoms with van der Waals surface area (Å²) in [6.45, 7) is 0.529. The Hall–Kier alpha value is -2.07. The largest absolute Gasteiger partial charge is 0.330 e. The third kappa shape index (κ3) is 4.58. The van der Waals surface area contributed by atoms with Crippen molar-refractivity contribution in [2.75, 3.05) is 18.4 Å². The average Bonchev–Trinajstić information content (AvgIpc) is 3.13. The third-order valence-electron chi connectivity index (χ3n) is 6.61. The first-order chi connectivity index (χ1) is 14.0. The number of amides is 3. The van der Waals surface area contributed by atoms with Crippen LogP contribution < -0.4 is 5.32 Å². The summed E-state index contributed by atoms with van der Waals surface area (Å²) >= 11 is 1.24. The van der Waals surface area contributed by atoms with Crippen molar-refractivity contribution in [3.63, 3.8) is 0 Å². The van der Waals surface area contributed by atoms with E-state index in [0.717, 1.165) is 38.5 Å². The van der Waals surface area contributed by atoms with Crippen LogP contribution in [0.25, 0.3) is 0 Å². The van der Waals surface area contributed by atoms with Crippen molar-refractivity contribution in [2.24, 2.45) is 17.3 Å². The minimum Gasteiger partial charge on any atom is -0.330 e.